The molecule has 0 aliphatic rings. The van der Waals surface area contributed by atoms with E-state index in [1.165, 1.54) is 0 Å². The molecule has 214 valence electrons. The molecule has 0 fully saturated rings. The Morgan fingerprint density at radius 1 is 0.475 bits per heavy atom. The van der Waals surface area contributed by atoms with Crippen LogP contribution in [0.2, 0.25) is 0 Å². The van der Waals surface area contributed by atoms with E-state index in [1.807, 2.05) is 0 Å². The predicted octanol–water partition coefficient (Wildman–Crippen LogP) is 5.45. The Labute approximate surface area is 226 Å². The first-order chi connectivity index (χ1) is 19.0. The molecule has 0 saturated heterocycles. The van der Waals surface area contributed by atoms with Gasteiger partial charge in [0.05, 0.1) is 56.2 Å². The number of hydrogen-bond acceptors (Lipinski definition) is 12. The topological polar surface area (TPSA) is 225 Å². The maximum Gasteiger partial charge on any atom is 0.338 e. The van der Waals surface area contributed by atoms with E-state index in [4.69, 9.17) is 9.47 Å². The summed E-state index contributed by atoms with van der Waals surface area (Å²) < 4.78 is 10.1. The Balaban J connectivity index is 1.58. The lowest BCUT2D eigenvalue weighted by atomic mass is 10.1. The van der Waals surface area contributed by atoms with Gasteiger partial charge in [-0.2, -0.15) is 0 Å². The zero-order valence-electron chi connectivity index (χ0n) is 21.2. The average molecular weight is 562 g/mol. The molecular formula is C24H26N4O12. The van der Waals surface area contributed by atoms with E-state index in [9.17, 15) is 50.0 Å². The summed E-state index contributed by atoms with van der Waals surface area (Å²) in [5.41, 5.74) is -2.83. The number of nitrogens with zero attached hydrogens (tertiary/aromatic N) is 4. The summed E-state index contributed by atoms with van der Waals surface area (Å²) in [5.74, 6) is -1.76. The highest BCUT2D eigenvalue weighted by Crippen LogP contribution is 2.24. The van der Waals surface area contributed by atoms with Crippen molar-refractivity contribution in [3.8, 4) is 0 Å². The van der Waals surface area contributed by atoms with E-state index in [2.05, 4.69) is 0 Å². The molecule has 0 spiro atoms. The first-order valence-electron chi connectivity index (χ1n) is 12.2. The molecule has 0 unspecified atom stereocenters. The summed E-state index contributed by atoms with van der Waals surface area (Å²) in [5, 5.41) is 43.7. The number of nitro benzene ring substituents is 4. The normalized spacial score (nSPS) is 10.5. The van der Waals surface area contributed by atoms with Gasteiger partial charge in [0.25, 0.3) is 22.7 Å². The first kappa shape index (κ1) is 31.2. The average Bonchev–Trinajstić information content (AvgIpc) is 2.92. The number of ether oxygens (including phenoxy) is 2. The second-order valence-electron chi connectivity index (χ2n) is 8.60. The van der Waals surface area contributed by atoms with Crippen molar-refractivity contribution in [1.82, 2.24) is 0 Å². The Morgan fingerprint density at radius 2 is 0.725 bits per heavy atom. The molecule has 0 amide bonds. The molecule has 16 heteroatoms. The van der Waals surface area contributed by atoms with Crippen molar-refractivity contribution in [2.75, 3.05) is 13.2 Å². The van der Waals surface area contributed by atoms with Crippen LogP contribution in [0.15, 0.2) is 36.4 Å². The third-order valence-corrected chi connectivity index (χ3v) is 5.62. The number of nitro groups is 4. The van der Waals surface area contributed by atoms with Crippen molar-refractivity contribution in [3.05, 3.63) is 88.0 Å². The smallest absolute Gasteiger partial charge is 0.338 e. The van der Waals surface area contributed by atoms with Crippen LogP contribution in [0.25, 0.3) is 0 Å². The second kappa shape index (κ2) is 15.4. The SMILES string of the molecule is O=C(OCCCCCCCCCCOC(=O)c1cc([N+](=O)[O-])cc([N+](=O)[O-])c1)c1cc([N+](=O)[O-])cc([N+](=O)[O-])c1. The maximum absolute atomic E-state index is 12.1. The lowest BCUT2D eigenvalue weighted by Gasteiger charge is -2.06. The van der Waals surface area contributed by atoms with Crippen LogP contribution < -0.4 is 0 Å². The van der Waals surface area contributed by atoms with Crippen LogP contribution in [-0.4, -0.2) is 44.8 Å². The summed E-state index contributed by atoms with van der Waals surface area (Å²) >= 11 is 0. The molecule has 2 aromatic carbocycles. The van der Waals surface area contributed by atoms with Crippen LogP contribution in [0.4, 0.5) is 22.7 Å². The number of rotatable bonds is 17. The van der Waals surface area contributed by atoms with Crippen molar-refractivity contribution in [2.24, 2.45) is 0 Å². The summed E-state index contributed by atoms with van der Waals surface area (Å²) in [6, 6.07) is 5.23. The Hall–Kier alpha value is -5.02. The molecule has 0 aliphatic carbocycles. The molecule has 0 bridgehead atoms. The highest BCUT2D eigenvalue weighted by atomic mass is 16.6. The highest BCUT2D eigenvalue weighted by molar-refractivity contribution is 5.91. The molecule has 0 radical (unpaired) electrons. The second-order valence-corrected chi connectivity index (χ2v) is 8.60. The Bertz CT molecular complexity index is 1120. The Morgan fingerprint density at radius 3 is 0.975 bits per heavy atom. The van der Waals surface area contributed by atoms with Crippen molar-refractivity contribution in [3.63, 3.8) is 0 Å². The van der Waals surface area contributed by atoms with Gasteiger partial charge >= 0.3 is 11.9 Å². The molecule has 16 nitrogen and oxygen atoms in total. The maximum atomic E-state index is 12.1. The van der Waals surface area contributed by atoms with Gasteiger partial charge in [0.15, 0.2) is 0 Å². The van der Waals surface area contributed by atoms with E-state index in [0.29, 0.717) is 12.8 Å². The molecule has 0 N–H and O–H groups in total. The largest absolute Gasteiger partial charge is 0.462 e. The lowest BCUT2D eigenvalue weighted by molar-refractivity contribution is -0.394. The van der Waals surface area contributed by atoms with E-state index in [0.717, 1.165) is 74.9 Å². The molecule has 0 saturated carbocycles. The summed E-state index contributed by atoms with van der Waals surface area (Å²) in [7, 11) is 0. The van der Waals surface area contributed by atoms with Gasteiger partial charge in [-0.15, -0.1) is 0 Å². The van der Waals surface area contributed by atoms with Crippen LogP contribution in [-0.2, 0) is 9.47 Å². The van der Waals surface area contributed by atoms with E-state index in [-0.39, 0.29) is 24.3 Å². The summed E-state index contributed by atoms with van der Waals surface area (Å²) in [4.78, 5) is 64.6. The highest BCUT2D eigenvalue weighted by Gasteiger charge is 2.21. The number of carbonyl (C=O) groups excluding carboxylic acids is 2. The van der Waals surface area contributed by atoms with Crippen LogP contribution in [0.1, 0.15) is 72.1 Å². The van der Waals surface area contributed by atoms with Crippen LogP contribution in [0.3, 0.4) is 0 Å². The lowest BCUT2D eigenvalue weighted by Crippen LogP contribution is -2.08. The van der Waals surface area contributed by atoms with Gasteiger partial charge in [0.2, 0.25) is 0 Å². The minimum atomic E-state index is -0.879. The molecule has 0 aromatic heterocycles. The molecule has 2 aromatic rings. The van der Waals surface area contributed by atoms with Gasteiger partial charge in [0, 0.05) is 24.3 Å². The van der Waals surface area contributed by atoms with Crippen LogP contribution >= 0.6 is 0 Å². The third-order valence-electron chi connectivity index (χ3n) is 5.62. The van der Waals surface area contributed by atoms with Gasteiger partial charge in [-0.1, -0.05) is 38.5 Å². The number of benzene rings is 2. The summed E-state index contributed by atoms with van der Waals surface area (Å²) in [6.45, 7) is 0.128. The molecule has 2 rings (SSSR count). The fourth-order valence-electron chi connectivity index (χ4n) is 3.61. The van der Waals surface area contributed by atoms with Crippen molar-refractivity contribution in [2.45, 2.75) is 51.4 Å². The Kier molecular flexibility index (Phi) is 12.0. The number of esters is 2. The predicted molar refractivity (Wildman–Crippen MR) is 137 cm³/mol. The fourth-order valence-corrected chi connectivity index (χ4v) is 3.61. The van der Waals surface area contributed by atoms with Crippen molar-refractivity contribution < 1.29 is 38.8 Å². The number of unbranched alkanes of at least 4 members (excludes halogenated alkanes) is 7. The zero-order chi connectivity index (χ0) is 29.7. The van der Waals surface area contributed by atoms with Crippen LogP contribution in [0.5, 0.6) is 0 Å². The third kappa shape index (κ3) is 10.0. The molecule has 40 heavy (non-hydrogen) atoms. The minimum Gasteiger partial charge on any atom is -0.462 e. The van der Waals surface area contributed by atoms with Gasteiger partial charge in [-0.05, 0) is 12.8 Å². The molecule has 0 atom stereocenters. The zero-order valence-corrected chi connectivity index (χ0v) is 21.2. The van der Waals surface area contributed by atoms with Gasteiger partial charge in [-0.3, -0.25) is 40.5 Å². The number of hydrogen-bond donors (Lipinski definition) is 0. The summed E-state index contributed by atoms with van der Waals surface area (Å²) in [6.07, 6.45) is 6.15. The standard InChI is InChI=1S/C24H26N4O12/c29-23(17-11-19(25(31)32)15-20(12-17)26(33)34)39-9-7-5-3-1-2-4-6-8-10-40-24(30)18-13-21(27(35)36)16-22(14-18)28(37)38/h11-16H,1-10H2. The van der Waals surface area contributed by atoms with E-state index < -0.39 is 54.4 Å². The van der Waals surface area contributed by atoms with E-state index in [1.54, 1.807) is 0 Å². The molecule has 0 heterocycles. The minimum absolute atomic E-state index is 0.0639. The number of non-ortho nitro benzene ring substituents is 4. The molecular weight excluding hydrogens is 536 g/mol. The first-order valence-corrected chi connectivity index (χ1v) is 12.2. The fraction of sp³-hybridized carbons (Fsp3) is 0.417. The van der Waals surface area contributed by atoms with E-state index >= 15 is 0 Å². The van der Waals surface area contributed by atoms with Crippen molar-refractivity contribution in [1.29, 1.82) is 0 Å². The van der Waals surface area contributed by atoms with Gasteiger partial charge in [0.1, 0.15) is 0 Å². The van der Waals surface area contributed by atoms with Crippen molar-refractivity contribution >= 4 is 34.7 Å². The monoisotopic (exact) mass is 562 g/mol. The van der Waals surface area contributed by atoms with Gasteiger partial charge < -0.3 is 9.47 Å². The number of carbonyl (C=O) groups is 2. The molecule has 0 aliphatic heterocycles. The quantitative estimate of drug-likeness (QED) is 0.101. The van der Waals surface area contributed by atoms with Gasteiger partial charge in [-0.25, -0.2) is 9.59 Å². The van der Waals surface area contributed by atoms with Crippen LogP contribution in [0, 0.1) is 40.5 Å².